The molecule has 0 spiro atoms. The lowest BCUT2D eigenvalue weighted by molar-refractivity contribution is 0.265. The van der Waals surface area contributed by atoms with Crippen molar-refractivity contribution in [1.82, 2.24) is 19.7 Å². The maximum atomic E-state index is 10.3. The molecule has 150 valence electrons. The van der Waals surface area contributed by atoms with E-state index in [2.05, 4.69) is 48.9 Å². The molecule has 0 aliphatic heterocycles. The second-order valence-corrected chi connectivity index (χ2v) is 13.2. The molecule has 3 aromatic rings. The summed E-state index contributed by atoms with van der Waals surface area (Å²) in [5, 5.41) is 14.7. The number of hydrogen-bond donors (Lipinski definition) is 1. The van der Waals surface area contributed by atoms with E-state index in [1.165, 1.54) is 0 Å². The molecule has 0 aliphatic rings. The predicted molar refractivity (Wildman–Crippen MR) is 111 cm³/mol. The molecule has 2 heterocycles. The zero-order valence-electron chi connectivity index (χ0n) is 17.4. The number of fused-ring (bicyclic) bond motifs is 1. The zero-order valence-corrected chi connectivity index (χ0v) is 18.4. The molecule has 0 atom stereocenters. The van der Waals surface area contributed by atoms with Gasteiger partial charge in [0.05, 0.1) is 26.5 Å². The van der Waals surface area contributed by atoms with E-state index in [9.17, 15) is 5.11 Å². The summed E-state index contributed by atoms with van der Waals surface area (Å²) in [5.41, 5.74) is 2.69. The summed E-state index contributed by atoms with van der Waals surface area (Å²) in [6.45, 7) is 11.7. The number of methoxy groups -OCH3 is 1. The van der Waals surface area contributed by atoms with Gasteiger partial charge in [-0.1, -0.05) is 32.9 Å². The fourth-order valence-electron chi connectivity index (χ4n) is 2.50. The maximum absolute atomic E-state index is 10.3. The summed E-state index contributed by atoms with van der Waals surface area (Å²) in [7, 11) is -0.314. The van der Waals surface area contributed by atoms with E-state index in [0.717, 1.165) is 11.3 Å². The molecular weight excluding hydrogens is 372 g/mol. The van der Waals surface area contributed by atoms with Crippen molar-refractivity contribution in [3.63, 3.8) is 0 Å². The van der Waals surface area contributed by atoms with Crippen LogP contribution in [0.15, 0.2) is 30.5 Å². The van der Waals surface area contributed by atoms with Gasteiger partial charge in [-0.25, -0.2) is 14.6 Å². The van der Waals surface area contributed by atoms with Crippen LogP contribution in [0.25, 0.3) is 11.2 Å². The van der Waals surface area contributed by atoms with Gasteiger partial charge in [0.2, 0.25) is 5.88 Å². The first-order valence-corrected chi connectivity index (χ1v) is 12.2. The van der Waals surface area contributed by atoms with Crippen LogP contribution in [0.3, 0.4) is 0 Å². The number of aromatic nitrogens is 4. The lowest BCUT2D eigenvalue weighted by Crippen LogP contribution is -2.40. The highest BCUT2D eigenvalue weighted by molar-refractivity contribution is 6.74. The second kappa shape index (κ2) is 7.52. The van der Waals surface area contributed by atoms with Gasteiger partial charge >= 0.3 is 0 Å². The Labute approximate surface area is 166 Å². The molecule has 0 fully saturated rings. The fraction of sp³-hybridized carbons (Fsp3) is 0.450. The van der Waals surface area contributed by atoms with Crippen LogP contribution in [0, 0.1) is 0 Å². The van der Waals surface area contributed by atoms with Crippen molar-refractivity contribution in [2.45, 2.75) is 52.1 Å². The smallest absolute Gasteiger partial charge is 0.236 e. The minimum atomic E-state index is -1.96. The fourth-order valence-corrected chi connectivity index (χ4v) is 3.43. The van der Waals surface area contributed by atoms with Crippen molar-refractivity contribution in [1.29, 1.82) is 0 Å². The van der Waals surface area contributed by atoms with Crippen molar-refractivity contribution < 1.29 is 14.3 Å². The number of ether oxygens (including phenoxy) is 1. The lowest BCUT2D eigenvalue weighted by atomic mass is 10.2. The van der Waals surface area contributed by atoms with Gasteiger partial charge < -0.3 is 14.3 Å². The molecule has 0 bridgehead atoms. The van der Waals surface area contributed by atoms with Gasteiger partial charge in [-0.2, -0.15) is 5.10 Å². The summed E-state index contributed by atoms with van der Waals surface area (Å²) in [5.74, 6) is 0.707. The monoisotopic (exact) mass is 400 g/mol. The van der Waals surface area contributed by atoms with E-state index in [-0.39, 0.29) is 17.5 Å². The van der Waals surface area contributed by atoms with Crippen molar-refractivity contribution in [3.05, 3.63) is 41.7 Å². The molecule has 0 aliphatic carbocycles. The van der Waals surface area contributed by atoms with Crippen LogP contribution < -0.4 is 4.74 Å². The van der Waals surface area contributed by atoms with Crippen molar-refractivity contribution in [3.8, 4) is 11.6 Å². The maximum Gasteiger partial charge on any atom is 0.236 e. The molecule has 0 unspecified atom stereocenters. The molecule has 8 heteroatoms. The van der Waals surface area contributed by atoms with E-state index >= 15 is 0 Å². The third-order valence-electron chi connectivity index (χ3n) is 5.39. The van der Waals surface area contributed by atoms with Gasteiger partial charge in [0.1, 0.15) is 17.0 Å². The van der Waals surface area contributed by atoms with Crippen molar-refractivity contribution in [2.75, 3.05) is 7.11 Å². The Balaban J connectivity index is 1.85. The first-order chi connectivity index (χ1) is 13.1. The molecule has 2 aromatic heterocycles. The van der Waals surface area contributed by atoms with Crippen LogP contribution in [0.5, 0.6) is 11.6 Å². The summed E-state index contributed by atoms with van der Waals surface area (Å²) in [6, 6.07) is 7.80. The Morgan fingerprint density at radius 1 is 1.11 bits per heavy atom. The van der Waals surface area contributed by atoms with E-state index in [4.69, 9.17) is 9.16 Å². The Morgan fingerprint density at radius 2 is 1.79 bits per heavy atom. The standard InChI is InChI=1S/C20H28N4O3Si/c1-20(2,3)28(5,6)27-13-17-19(25)23-16-11-21-24(18(16)22-17)12-14-7-9-15(26-4)10-8-14/h7-11H,12-13H2,1-6H3,(H,23,25). The molecule has 7 nitrogen and oxygen atoms in total. The van der Waals surface area contributed by atoms with Gasteiger partial charge in [-0.3, -0.25) is 0 Å². The molecule has 0 saturated carbocycles. The molecule has 0 saturated heterocycles. The predicted octanol–water partition coefficient (Wildman–Crippen LogP) is 4.11. The molecular formula is C20H28N4O3Si. The zero-order chi connectivity index (χ0) is 20.5. The second-order valence-electron chi connectivity index (χ2n) is 8.40. The van der Waals surface area contributed by atoms with Gasteiger partial charge in [0.25, 0.3) is 0 Å². The number of hydrogen-bond acceptors (Lipinski definition) is 6. The summed E-state index contributed by atoms with van der Waals surface area (Å²) < 4.78 is 13.2. The molecule has 28 heavy (non-hydrogen) atoms. The third-order valence-corrected chi connectivity index (χ3v) is 9.86. The highest BCUT2D eigenvalue weighted by Gasteiger charge is 2.37. The van der Waals surface area contributed by atoms with Gasteiger partial charge in [0, 0.05) is 0 Å². The van der Waals surface area contributed by atoms with E-state index in [0.29, 0.717) is 23.4 Å². The van der Waals surface area contributed by atoms with Crippen LogP contribution in [-0.2, 0) is 17.6 Å². The Kier molecular flexibility index (Phi) is 5.45. The van der Waals surface area contributed by atoms with Gasteiger partial charge in [0.15, 0.2) is 14.0 Å². The summed E-state index contributed by atoms with van der Waals surface area (Å²) >= 11 is 0. The van der Waals surface area contributed by atoms with Crippen LogP contribution in [0.2, 0.25) is 18.1 Å². The summed E-state index contributed by atoms with van der Waals surface area (Å²) in [6.07, 6.45) is 1.62. The van der Waals surface area contributed by atoms with E-state index in [1.54, 1.807) is 18.0 Å². The topological polar surface area (TPSA) is 82.3 Å². The Morgan fingerprint density at radius 3 is 2.39 bits per heavy atom. The first-order valence-electron chi connectivity index (χ1n) is 9.29. The minimum absolute atomic E-state index is 0.0797. The lowest BCUT2D eigenvalue weighted by Gasteiger charge is -2.36. The summed E-state index contributed by atoms with van der Waals surface area (Å²) in [4.78, 5) is 8.86. The number of benzene rings is 1. The molecule has 1 aromatic carbocycles. The van der Waals surface area contributed by atoms with Crippen LogP contribution in [-0.4, -0.2) is 40.3 Å². The quantitative estimate of drug-likeness (QED) is 0.627. The van der Waals surface area contributed by atoms with E-state index < -0.39 is 8.32 Å². The van der Waals surface area contributed by atoms with E-state index in [1.807, 2.05) is 24.3 Å². The Hall–Kier alpha value is -2.45. The van der Waals surface area contributed by atoms with Crippen LogP contribution in [0.1, 0.15) is 32.0 Å². The van der Waals surface area contributed by atoms with Crippen LogP contribution >= 0.6 is 0 Å². The number of aromatic hydroxyl groups is 1. The van der Waals surface area contributed by atoms with Crippen molar-refractivity contribution in [2.24, 2.45) is 0 Å². The molecule has 0 amide bonds. The minimum Gasteiger partial charge on any atom is -0.497 e. The van der Waals surface area contributed by atoms with Crippen molar-refractivity contribution >= 4 is 19.5 Å². The molecule has 0 radical (unpaired) electrons. The molecule has 3 rings (SSSR count). The average Bonchev–Trinajstić information content (AvgIpc) is 3.01. The Bertz CT molecular complexity index is 962. The number of nitrogens with zero attached hydrogens (tertiary/aromatic N) is 4. The largest absolute Gasteiger partial charge is 0.497 e. The van der Waals surface area contributed by atoms with Gasteiger partial charge in [-0.05, 0) is 35.8 Å². The van der Waals surface area contributed by atoms with Gasteiger partial charge in [-0.15, -0.1) is 0 Å². The third kappa shape index (κ3) is 4.17. The first kappa shape index (κ1) is 20.3. The highest BCUT2D eigenvalue weighted by Crippen LogP contribution is 2.37. The van der Waals surface area contributed by atoms with Crippen LogP contribution in [0.4, 0.5) is 0 Å². The average molecular weight is 401 g/mol. The highest BCUT2D eigenvalue weighted by atomic mass is 28.4. The molecule has 1 N–H and O–H groups in total. The number of rotatable bonds is 6. The normalized spacial score (nSPS) is 12.5. The SMILES string of the molecule is COc1ccc(Cn2ncc3nc(O)c(CO[Si](C)(C)C(C)(C)C)nc32)cc1.